The predicted octanol–water partition coefficient (Wildman–Crippen LogP) is 5.99. The van der Waals surface area contributed by atoms with E-state index < -0.39 is 22.7 Å². The molecule has 7 heteroatoms. The molecule has 190 valence electrons. The summed E-state index contributed by atoms with van der Waals surface area (Å²) in [6.07, 6.45) is 2.92. The Balaban J connectivity index is 1.26. The van der Waals surface area contributed by atoms with Gasteiger partial charge in [0, 0.05) is 17.6 Å². The maximum Gasteiger partial charge on any atom is 0.257 e. The molecule has 4 aromatic rings. The van der Waals surface area contributed by atoms with E-state index in [2.05, 4.69) is 10.8 Å². The zero-order valence-corrected chi connectivity index (χ0v) is 21.1. The van der Waals surface area contributed by atoms with Crippen molar-refractivity contribution in [1.82, 2.24) is 4.72 Å². The summed E-state index contributed by atoms with van der Waals surface area (Å²) in [5.41, 5.74) is 6.35. The van der Waals surface area contributed by atoms with Crippen molar-refractivity contribution in [3.63, 3.8) is 0 Å². The summed E-state index contributed by atoms with van der Waals surface area (Å²) >= 11 is 0. The van der Waals surface area contributed by atoms with E-state index in [0.717, 1.165) is 46.2 Å². The van der Waals surface area contributed by atoms with Crippen molar-refractivity contribution in [2.24, 2.45) is 0 Å². The van der Waals surface area contributed by atoms with Gasteiger partial charge in [-0.25, -0.2) is 8.60 Å². The number of fused-ring (bicyclic) bond motifs is 1. The number of aromatic hydroxyl groups is 1. The molecule has 1 aliphatic heterocycles. The maximum atomic E-state index is 15.0. The lowest BCUT2D eigenvalue weighted by Gasteiger charge is -2.16. The first-order valence-corrected chi connectivity index (χ1v) is 13.5. The number of carbonyl (C=O) groups excluding carboxylic acids is 1. The van der Waals surface area contributed by atoms with Crippen LogP contribution in [0.2, 0.25) is 0 Å². The van der Waals surface area contributed by atoms with E-state index >= 15 is 0 Å². The average molecular weight is 526 g/mol. The lowest BCUT2D eigenvalue weighted by molar-refractivity contribution is -0.114. The summed E-state index contributed by atoms with van der Waals surface area (Å²) in [6.45, 7) is 0.297. The second-order valence-corrected chi connectivity index (χ2v) is 10.6. The van der Waals surface area contributed by atoms with Gasteiger partial charge in [-0.15, -0.1) is 0 Å². The van der Waals surface area contributed by atoms with E-state index in [9.17, 15) is 18.5 Å². The first-order valence-electron chi connectivity index (χ1n) is 12.3. The summed E-state index contributed by atoms with van der Waals surface area (Å²) in [5, 5.41) is 10.7. The molecule has 0 spiro atoms. The first kappa shape index (κ1) is 24.1. The van der Waals surface area contributed by atoms with Crippen LogP contribution >= 0.6 is 0 Å². The fourth-order valence-corrected chi connectivity index (χ4v) is 6.23. The average Bonchev–Trinajstić information content (AvgIpc) is 3.50. The Labute approximate surface area is 222 Å². The van der Waals surface area contributed by atoms with Crippen LogP contribution in [0.4, 0.5) is 4.39 Å². The van der Waals surface area contributed by atoms with Gasteiger partial charge in [0.05, 0.1) is 4.91 Å². The Kier molecular flexibility index (Phi) is 6.29. The number of amides is 1. The number of ether oxygens (including phenoxy) is 1. The fourth-order valence-electron chi connectivity index (χ4n) is 5.29. The summed E-state index contributed by atoms with van der Waals surface area (Å²) < 4.78 is 35.1. The number of nitrogens with one attached hydrogen (secondary N) is 1. The van der Waals surface area contributed by atoms with E-state index in [1.54, 1.807) is 18.2 Å². The van der Waals surface area contributed by atoms with E-state index in [-0.39, 0.29) is 22.3 Å². The van der Waals surface area contributed by atoms with Gasteiger partial charge >= 0.3 is 0 Å². The number of carbonyl (C=O) groups is 1. The Hall–Kier alpha value is -4.23. The number of halogens is 1. The second kappa shape index (κ2) is 9.91. The van der Waals surface area contributed by atoms with Crippen LogP contribution in [0.15, 0.2) is 91.0 Å². The van der Waals surface area contributed by atoms with Crippen LogP contribution in [0.1, 0.15) is 40.2 Å². The molecule has 0 fully saturated rings. The van der Waals surface area contributed by atoms with Crippen LogP contribution in [-0.4, -0.2) is 15.2 Å². The second-order valence-electron chi connectivity index (χ2n) is 9.40. The third-order valence-corrected chi connectivity index (χ3v) is 8.22. The summed E-state index contributed by atoms with van der Waals surface area (Å²) in [4.78, 5) is 11.8. The molecule has 0 radical (unpaired) electrons. The molecular weight excluding hydrogens is 501 g/mol. The third kappa shape index (κ3) is 4.50. The van der Waals surface area contributed by atoms with Gasteiger partial charge in [0.1, 0.15) is 12.4 Å². The van der Waals surface area contributed by atoms with Gasteiger partial charge in [-0.2, -0.15) is 0 Å². The van der Waals surface area contributed by atoms with Crippen LogP contribution in [-0.2, 0) is 28.8 Å². The van der Waals surface area contributed by atoms with Crippen molar-refractivity contribution in [3.05, 3.63) is 125 Å². The smallest absolute Gasteiger partial charge is 0.257 e. The summed E-state index contributed by atoms with van der Waals surface area (Å²) in [5.74, 6) is -0.583. The molecule has 2 aliphatic rings. The lowest BCUT2D eigenvalue weighted by atomic mass is 9.90. The molecule has 0 saturated heterocycles. The SMILES string of the molecule is O=C1C=C(c2ccc([C@H]3CCc4c(-c5ccc(OCc6ccccc6)c(F)c5)cccc43)cc2O)S(=O)N1. The van der Waals surface area contributed by atoms with E-state index in [1.807, 2.05) is 54.6 Å². The molecule has 2 atom stereocenters. The Bertz CT molecular complexity index is 1620. The van der Waals surface area contributed by atoms with E-state index in [4.69, 9.17) is 4.74 Å². The molecule has 4 aromatic carbocycles. The number of phenols is 1. The quantitative estimate of drug-likeness (QED) is 0.324. The molecular formula is C31H24FNO4S. The van der Waals surface area contributed by atoms with Gasteiger partial charge in [-0.3, -0.25) is 9.52 Å². The van der Waals surface area contributed by atoms with Gasteiger partial charge < -0.3 is 9.84 Å². The Morgan fingerprint density at radius 2 is 1.82 bits per heavy atom. The van der Waals surface area contributed by atoms with Crippen molar-refractivity contribution in [2.45, 2.75) is 25.4 Å². The van der Waals surface area contributed by atoms with Gasteiger partial charge in [0.15, 0.2) is 22.6 Å². The Morgan fingerprint density at radius 3 is 2.55 bits per heavy atom. The van der Waals surface area contributed by atoms with Crippen LogP contribution in [0.25, 0.3) is 16.0 Å². The van der Waals surface area contributed by atoms with E-state index in [0.29, 0.717) is 12.2 Å². The van der Waals surface area contributed by atoms with Crippen molar-refractivity contribution in [3.8, 4) is 22.6 Å². The lowest BCUT2D eigenvalue weighted by Crippen LogP contribution is -2.16. The highest BCUT2D eigenvalue weighted by atomic mass is 32.2. The summed E-state index contributed by atoms with van der Waals surface area (Å²) in [6, 6.07) is 26.1. The van der Waals surface area contributed by atoms with E-state index in [1.165, 1.54) is 12.1 Å². The van der Waals surface area contributed by atoms with Crippen LogP contribution in [0.5, 0.6) is 11.5 Å². The molecule has 0 aromatic heterocycles. The number of hydrogen-bond acceptors (Lipinski definition) is 4. The molecule has 2 N–H and O–H groups in total. The van der Waals surface area contributed by atoms with Crippen molar-refractivity contribution in [2.75, 3.05) is 0 Å². The molecule has 0 saturated carbocycles. The molecule has 6 rings (SSSR count). The van der Waals surface area contributed by atoms with Crippen LogP contribution < -0.4 is 9.46 Å². The fraction of sp³-hybridized carbons (Fsp3) is 0.129. The zero-order valence-electron chi connectivity index (χ0n) is 20.3. The Morgan fingerprint density at radius 1 is 0.974 bits per heavy atom. The highest BCUT2D eigenvalue weighted by Crippen LogP contribution is 2.44. The largest absolute Gasteiger partial charge is 0.507 e. The maximum absolute atomic E-state index is 15.0. The highest BCUT2D eigenvalue weighted by molar-refractivity contribution is 7.94. The first-order chi connectivity index (χ1) is 18.5. The topological polar surface area (TPSA) is 75.6 Å². The van der Waals surface area contributed by atoms with Gasteiger partial charge in [0.25, 0.3) is 5.91 Å². The molecule has 38 heavy (non-hydrogen) atoms. The van der Waals surface area contributed by atoms with Gasteiger partial charge in [0.2, 0.25) is 0 Å². The number of benzene rings is 4. The minimum absolute atomic E-state index is 0.0173. The zero-order chi connectivity index (χ0) is 26.2. The normalized spacial score (nSPS) is 18.1. The predicted molar refractivity (Wildman–Crippen MR) is 145 cm³/mol. The molecule has 5 nitrogen and oxygen atoms in total. The monoisotopic (exact) mass is 525 g/mol. The van der Waals surface area contributed by atoms with Crippen LogP contribution in [0.3, 0.4) is 0 Å². The number of phenolic OH excluding ortho intramolecular Hbond substituents is 1. The molecule has 1 unspecified atom stereocenters. The third-order valence-electron chi connectivity index (χ3n) is 7.10. The van der Waals surface area contributed by atoms with Crippen molar-refractivity contribution < 1.29 is 23.2 Å². The highest BCUT2D eigenvalue weighted by Gasteiger charge is 2.28. The molecule has 1 amide bonds. The minimum Gasteiger partial charge on any atom is -0.507 e. The number of hydrogen-bond donors (Lipinski definition) is 2. The van der Waals surface area contributed by atoms with Crippen molar-refractivity contribution in [1.29, 1.82) is 0 Å². The van der Waals surface area contributed by atoms with Gasteiger partial charge in [-0.1, -0.05) is 60.7 Å². The molecule has 1 aliphatic carbocycles. The van der Waals surface area contributed by atoms with Crippen molar-refractivity contribution >= 4 is 21.8 Å². The summed E-state index contributed by atoms with van der Waals surface area (Å²) in [7, 11) is -1.67. The van der Waals surface area contributed by atoms with Crippen LogP contribution in [0, 0.1) is 5.82 Å². The standard InChI is InChI=1S/C31H24FNO4S/c32-27-15-20(10-14-29(27)37-18-19-5-2-1-3-6-19)22-7-4-8-24-23(12-13-25(22)24)21-9-11-26(28(34)16-21)30-17-31(35)33-38(30)36/h1-11,14-17,23,34H,12-13,18H2,(H,33,35)/t23-,38?/m1/s1. The minimum atomic E-state index is -1.67. The number of rotatable bonds is 6. The molecule has 0 bridgehead atoms. The van der Waals surface area contributed by atoms with Gasteiger partial charge in [-0.05, 0) is 70.5 Å². The molecule has 1 heterocycles.